The molecule has 0 radical (unpaired) electrons. The third-order valence-corrected chi connectivity index (χ3v) is 7.63. The summed E-state index contributed by atoms with van der Waals surface area (Å²) in [5.41, 5.74) is 1.18. The Morgan fingerprint density at radius 3 is 2.11 bits per heavy atom. The molecule has 36 heavy (non-hydrogen) atoms. The fourth-order valence-corrected chi connectivity index (χ4v) is 5.22. The van der Waals surface area contributed by atoms with Crippen molar-refractivity contribution in [2.45, 2.75) is 24.3 Å². The fraction of sp³-hybridized carbons (Fsp3) is 0.269. The minimum Gasteiger partial charge on any atom is -0.497 e. The average Bonchev–Trinajstić information content (AvgIpc) is 2.90. The summed E-state index contributed by atoms with van der Waals surface area (Å²) >= 11 is 6.02. The van der Waals surface area contributed by atoms with E-state index in [9.17, 15) is 13.2 Å². The molecule has 1 amide bonds. The molecule has 0 saturated heterocycles. The zero-order chi connectivity index (χ0) is 26.3. The highest BCUT2D eigenvalue weighted by molar-refractivity contribution is 7.92. The maximum absolute atomic E-state index is 13.7. The van der Waals surface area contributed by atoms with Gasteiger partial charge in [0, 0.05) is 11.1 Å². The van der Waals surface area contributed by atoms with Gasteiger partial charge in [0.1, 0.15) is 12.3 Å². The molecular formula is C26H29ClN2O6S. The molecule has 0 aliphatic rings. The van der Waals surface area contributed by atoms with E-state index >= 15 is 0 Å². The smallest absolute Gasteiger partial charge is 0.264 e. The van der Waals surface area contributed by atoms with Crippen LogP contribution in [0.4, 0.5) is 5.69 Å². The molecule has 1 atom stereocenters. The standard InChI is InChI=1S/C26H29ClN2O6S/c1-5-23(18-6-12-21(33-2)13-7-18)28-26(30)17-29(20-10-8-19(27)9-11-20)36(31,32)22-14-15-24(34-3)25(16-22)35-4/h6-16,23H,5,17H2,1-4H3,(H,28,30)/t23-/m1/s1. The number of nitrogens with one attached hydrogen (secondary N) is 1. The third kappa shape index (κ3) is 6.22. The highest BCUT2D eigenvalue weighted by Crippen LogP contribution is 2.32. The molecule has 10 heteroatoms. The number of halogens is 1. The summed E-state index contributed by atoms with van der Waals surface area (Å²) in [6.45, 7) is 1.50. The normalized spacial score (nSPS) is 11.9. The number of methoxy groups -OCH3 is 3. The molecule has 0 aliphatic carbocycles. The van der Waals surface area contributed by atoms with Gasteiger partial charge in [-0.1, -0.05) is 30.7 Å². The van der Waals surface area contributed by atoms with Crippen LogP contribution >= 0.6 is 11.6 Å². The predicted octanol–water partition coefficient (Wildman–Crippen LogP) is 4.83. The molecule has 0 bridgehead atoms. The van der Waals surface area contributed by atoms with Gasteiger partial charge >= 0.3 is 0 Å². The maximum atomic E-state index is 13.7. The van der Waals surface area contributed by atoms with Gasteiger partial charge < -0.3 is 19.5 Å². The van der Waals surface area contributed by atoms with Gasteiger partial charge in [-0.25, -0.2) is 8.42 Å². The largest absolute Gasteiger partial charge is 0.497 e. The Balaban J connectivity index is 1.93. The van der Waals surface area contributed by atoms with E-state index in [1.807, 2.05) is 31.2 Å². The van der Waals surface area contributed by atoms with Crippen molar-refractivity contribution < 1.29 is 27.4 Å². The van der Waals surface area contributed by atoms with Crippen LogP contribution in [0.25, 0.3) is 0 Å². The van der Waals surface area contributed by atoms with Gasteiger partial charge in [0.25, 0.3) is 10.0 Å². The van der Waals surface area contributed by atoms with Crippen molar-refractivity contribution in [1.29, 1.82) is 0 Å². The van der Waals surface area contributed by atoms with E-state index in [2.05, 4.69) is 5.32 Å². The van der Waals surface area contributed by atoms with Gasteiger partial charge in [0.05, 0.1) is 38.0 Å². The van der Waals surface area contributed by atoms with Gasteiger partial charge in [0.2, 0.25) is 5.91 Å². The number of anilines is 1. The quantitative estimate of drug-likeness (QED) is 0.380. The molecule has 3 aromatic rings. The topological polar surface area (TPSA) is 94.2 Å². The minimum atomic E-state index is -4.16. The van der Waals surface area contributed by atoms with Crippen LogP contribution < -0.4 is 23.8 Å². The SMILES string of the molecule is CC[C@@H](NC(=O)CN(c1ccc(Cl)cc1)S(=O)(=O)c1ccc(OC)c(OC)c1)c1ccc(OC)cc1. The molecule has 3 rings (SSSR count). The van der Waals surface area contributed by atoms with Crippen LogP contribution in [0, 0.1) is 0 Å². The van der Waals surface area contributed by atoms with Crippen LogP contribution in [0.15, 0.2) is 71.6 Å². The summed E-state index contributed by atoms with van der Waals surface area (Å²) in [5.74, 6) is 0.883. The summed E-state index contributed by atoms with van der Waals surface area (Å²) in [6.07, 6.45) is 0.613. The Hall–Kier alpha value is -3.43. The van der Waals surface area contributed by atoms with E-state index in [-0.39, 0.29) is 16.7 Å². The molecular weight excluding hydrogens is 504 g/mol. The third-order valence-electron chi connectivity index (χ3n) is 5.61. The molecule has 192 valence electrons. The maximum Gasteiger partial charge on any atom is 0.264 e. The van der Waals surface area contributed by atoms with Crippen LogP contribution in [-0.4, -0.2) is 42.2 Å². The molecule has 3 aromatic carbocycles. The van der Waals surface area contributed by atoms with Gasteiger partial charge in [-0.3, -0.25) is 9.10 Å². The second-order valence-corrected chi connectivity index (χ2v) is 10.1. The molecule has 1 N–H and O–H groups in total. The van der Waals surface area contributed by atoms with E-state index in [0.717, 1.165) is 9.87 Å². The number of sulfonamides is 1. The monoisotopic (exact) mass is 532 g/mol. The summed E-state index contributed by atoms with van der Waals surface area (Å²) in [4.78, 5) is 13.1. The molecule has 0 aliphatic heterocycles. The number of carbonyl (C=O) groups is 1. The molecule has 0 spiro atoms. The number of nitrogens with zero attached hydrogens (tertiary/aromatic N) is 1. The Bertz CT molecular complexity index is 1280. The van der Waals surface area contributed by atoms with Crippen LogP contribution in [0.2, 0.25) is 5.02 Å². The van der Waals surface area contributed by atoms with E-state index in [4.69, 9.17) is 25.8 Å². The first-order valence-corrected chi connectivity index (χ1v) is 13.0. The summed E-state index contributed by atoms with van der Waals surface area (Å²) in [5, 5.41) is 3.38. The lowest BCUT2D eigenvalue weighted by atomic mass is 10.0. The summed E-state index contributed by atoms with van der Waals surface area (Å²) < 4.78 is 44.2. The van der Waals surface area contributed by atoms with Crippen molar-refractivity contribution >= 4 is 33.2 Å². The first-order valence-electron chi connectivity index (χ1n) is 11.2. The molecule has 0 fully saturated rings. The second kappa shape index (κ2) is 12.0. The molecule has 0 unspecified atom stereocenters. The predicted molar refractivity (Wildman–Crippen MR) is 140 cm³/mol. The Morgan fingerprint density at radius 1 is 0.917 bits per heavy atom. The Kier molecular flexibility index (Phi) is 9.06. The number of carbonyl (C=O) groups excluding carboxylic acids is 1. The number of rotatable bonds is 11. The first-order chi connectivity index (χ1) is 17.2. The lowest BCUT2D eigenvalue weighted by Crippen LogP contribution is -2.42. The highest BCUT2D eigenvalue weighted by Gasteiger charge is 2.29. The van der Waals surface area contributed by atoms with Gasteiger partial charge in [-0.15, -0.1) is 0 Å². The van der Waals surface area contributed by atoms with Crippen LogP contribution in [-0.2, 0) is 14.8 Å². The Labute approximate surface area is 216 Å². The van der Waals surface area contributed by atoms with Crippen molar-refractivity contribution in [3.63, 3.8) is 0 Å². The van der Waals surface area contributed by atoms with Gasteiger partial charge in [-0.05, 0) is 60.5 Å². The van der Waals surface area contributed by atoms with Crippen LogP contribution in [0.1, 0.15) is 24.9 Å². The van der Waals surface area contributed by atoms with Crippen molar-refractivity contribution in [1.82, 2.24) is 5.32 Å². The lowest BCUT2D eigenvalue weighted by Gasteiger charge is -2.26. The molecule has 0 saturated carbocycles. The zero-order valence-electron chi connectivity index (χ0n) is 20.5. The number of hydrogen-bond acceptors (Lipinski definition) is 6. The van der Waals surface area contributed by atoms with Gasteiger partial charge in [-0.2, -0.15) is 0 Å². The minimum absolute atomic E-state index is 0.0508. The van der Waals surface area contributed by atoms with Crippen LogP contribution in [0.3, 0.4) is 0 Å². The van der Waals surface area contributed by atoms with Crippen LogP contribution in [0.5, 0.6) is 17.2 Å². The van der Waals surface area contributed by atoms with E-state index < -0.39 is 22.5 Å². The highest BCUT2D eigenvalue weighted by atomic mass is 35.5. The van der Waals surface area contributed by atoms with E-state index in [1.165, 1.54) is 32.4 Å². The van der Waals surface area contributed by atoms with Crippen molar-refractivity contribution in [2.24, 2.45) is 0 Å². The number of benzene rings is 3. The second-order valence-electron chi connectivity index (χ2n) is 7.81. The van der Waals surface area contributed by atoms with E-state index in [1.54, 1.807) is 31.4 Å². The Morgan fingerprint density at radius 2 is 1.56 bits per heavy atom. The number of ether oxygens (including phenoxy) is 3. The molecule has 0 aromatic heterocycles. The van der Waals surface area contributed by atoms with Gasteiger partial charge in [0.15, 0.2) is 11.5 Å². The molecule has 8 nitrogen and oxygen atoms in total. The van der Waals surface area contributed by atoms with E-state index in [0.29, 0.717) is 28.6 Å². The van der Waals surface area contributed by atoms with Crippen molar-refractivity contribution in [3.8, 4) is 17.2 Å². The fourth-order valence-electron chi connectivity index (χ4n) is 3.65. The summed E-state index contributed by atoms with van der Waals surface area (Å²) in [6, 6.07) is 17.6. The first kappa shape index (κ1) is 27.2. The number of hydrogen-bond donors (Lipinski definition) is 1. The average molecular weight is 533 g/mol. The van der Waals surface area contributed by atoms with Crippen molar-refractivity contribution in [2.75, 3.05) is 32.2 Å². The summed E-state index contributed by atoms with van der Waals surface area (Å²) in [7, 11) is 0.304. The lowest BCUT2D eigenvalue weighted by molar-refractivity contribution is -0.120. The molecule has 0 heterocycles. The van der Waals surface area contributed by atoms with Crippen molar-refractivity contribution in [3.05, 3.63) is 77.3 Å². The zero-order valence-corrected chi connectivity index (χ0v) is 22.1. The number of amides is 1.